The van der Waals surface area contributed by atoms with Gasteiger partial charge in [0, 0.05) is 19.2 Å². The highest BCUT2D eigenvalue weighted by atomic mass is 16.5. The number of para-hydroxylation sites is 1. The van der Waals surface area contributed by atoms with Crippen LogP contribution in [-0.2, 0) is 6.54 Å². The fourth-order valence-electron chi connectivity index (χ4n) is 3.10. The fourth-order valence-corrected chi connectivity index (χ4v) is 3.10. The zero-order chi connectivity index (χ0) is 19.6. The molecule has 1 unspecified atom stereocenters. The van der Waals surface area contributed by atoms with Gasteiger partial charge in [0.1, 0.15) is 11.6 Å². The average Bonchev–Trinajstić information content (AvgIpc) is 2.72. The number of methoxy groups -OCH3 is 1. The summed E-state index contributed by atoms with van der Waals surface area (Å²) in [7, 11) is 3.30. The number of aromatic nitrogens is 2. The molecule has 0 aliphatic heterocycles. The van der Waals surface area contributed by atoms with Gasteiger partial charge in [-0.25, -0.2) is 4.98 Å². The smallest absolute Gasteiger partial charge is 0.261 e. The van der Waals surface area contributed by atoms with Gasteiger partial charge in [0.2, 0.25) is 0 Å². The number of hydrogen-bond donors (Lipinski definition) is 0. The Bertz CT molecular complexity index is 1030. The number of amides is 1. The highest BCUT2D eigenvalue weighted by molar-refractivity contribution is 5.94. The van der Waals surface area contributed by atoms with E-state index in [1.165, 1.54) is 0 Å². The van der Waals surface area contributed by atoms with E-state index < -0.39 is 0 Å². The summed E-state index contributed by atoms with van der Waals surface area (Å²) >= 11 is 0. The summed E-state index contributed by atoms with van der Waals surface area (Å²) in [6.45, 7) is 4.27. The van der Waals surface area contributed by atoms with E-state index in [0.29, 0.717) is 34.6 Å². The Balaban J connectivity index is 1.99. The summed E-state index contributed by atoms with van der Waals surface area (Å²) in [6.07, 6.45) is 0. The Morgan fingerprint density at radius 2 is 1.85 bits per heavy atom. The average molecular weight is 365 g/mol. The molecule has 2 aromatic carbocycles. The lowest BCUT2D eigenvalue weighted by Gasteiger charge is -2.27. The van der Waals surface area contributed by atoms with Crippen molar-refractivity contribution in [1.29, 1.82) is 0 Å². The summed E-state index contributed by atoms with van der Waals surface area (Å²) in [4.78, 5) is 32.0. The van der Waals surface area contributed by atoms with Crippen molar-refractivity contribution in [2.45, 2.75) is 26.4 Å². The first-order chi connectivity index (χ1) is 13.0. The second kappa shape index (κ2) is 7.61. The Kier molecular flexibility index (Phi) is 5.26. The van der Waals surface area contributed by atoms with Gasteiger partial charge in [-0.1, -0.05) is 12.1 Å². The van der Waals surface area contributed by atoms with Crippen molar-refractivity contribution in [2.24, 2.45) is 0 Å². The number of hydrogen-bond acceptors (Lipinski definition) is 4. The van der Waals surface area contributed by atoms with Crippen LogP contribution in [0.4, 0.5) is 0 Å². The molecule has 1 aromatic heterocycles. The molecular formula is C21H23N3O3. The maximum absolute atomic E-state index is 12.9. The summed E-state index contributed by atoms with van der Waals surface area (Å²) in [5.41, 5.74) is 1.10. The third kappa shape index (κ3) is 3.43. The first kappa shape index (κ1) is 18.6. The van der Waals surface area contributed by atoms with Gasteiger partial charge in [-0.05, 0) is 50.2 Å². The minimum Gasteiger partial charge on any atom is -0.497 e. The van der Waals surface area contributed by atoms with E-state index in [1.54, 1.807) is 54.0 Å². The van der Waals surface area contributed by atoms with E-state index in [2.05, 4.69) is 4.98 Å². The Morgan fingerprint density at radius 1 is 1.19 bits per heavy atom. The lowest BCUT2D eigenvalue weighted by molar-refractivity contribution is 0.0733. The Hall–Kier alpha value is -3.15. The zero-order valence-corrected chi connectivity index (χ0v) is 16.0. The van der Waals surface area contributed by atoms with E-state index in [4.69, 9.17) is 4.74 Å². The molecule has 0 spiro atoms. The van der Waals surface area contributed by atoms with Gasteiger partial charge in [-0.3, -0.25) is 14.2 Å². The number of benzene rings is 2. The maximum Gasteiger partial charge on any atom is 0.261 e. The van der Waals surface area contributed by atoms with Crippen LogP contribution in [-0.4, -0.2) is 34.5 Å². The topological polar surface area (TPSA) is 64.4 Å². The first-order valence-corrected chi connectivity index (χ1v) is 8.88. The number of rotatable bonds is 5. The summed E-state index contributed by atoms with van der Waals surface area (Å²) in [6, 6.07) is 13.9. The van der Waals surface area contributed by atoms with Gasteiger partial charge in [-0.15, -0.1) is 0 Å². The molecule has 27 heavy (non-hydrogen) atoms. The molecule has 0 N–H and O–H groups in total. The van der Waals surface area contributed by atoms with Crippen LogP contribution in [0.15, 0.2) is 53.3 Å². The van der Waals surface area contributed by atoms with Crippen molar-refractivity contribution < 1.29 is 9.53 Å². The standard InChI is InChI=1S/C21H23N3O3/c1-5-24-19(22-18-9-7-6-8-17(18)21(24)26)14(2)23(3)20(25)15-10-12-16(27-4)13-11-15/h6-14H,5H2,1-4H3. The summed E-state index contributed by atoms with van der Waals surface area (Å²) < 4.78 is 6.77. The van der Waals surface area contributed by atoms with Crippen molar-refractivity contribution in [2.75, 3.05) is 14.2 Å². The number of ether oxygens (including phenoxy) is 1. The monoisotopic (exact) mass is 365 g/mol. The minimum absolute atomic E-state index is 0.0877. The van der Waals surface area contributed by atoms with E-state index >= 15 is 0 Å². The summed E-state index contributed by atoms with van der Waals surface area (Å²) in [5, 5.41) is 0.583. The molecule has 0 saturated heterocycles. The highest BCUT2D eigenvalue weighted by Gasteiger charge is 2.23. The molecule has 3 aromatic rings. The molecule has 0 fully saturated rings. The quantitative estimate of drug-likeness (QED) is 0.696. The third-order valence-electron chi connectivity index (χ3n) is 4.82. The van der Waals surface area contributed by atoms with Crippen LogP contribution in [0.2, 0.25) is 0 Å². The largest absolute Gasteiger partial charge is 0.497 e. The van der Waals surface area contributed by atoms with E-state index in [9.17, 15) is 9.59 Å². The second-order valence-electron chi connectivity index (χ2n) is 6.36. The third-order valence-corrected chi connectivity index (χ3v) is 4.82. The number of carbonyl (C=O) groups is 1. The number of nitrogens with zero attached hydrogens (tertiary/aromatic N) is 3. The molecule has 6 nitrogen and oxygen atoms in total. The fraction of sp³-hybridized carbons (Fsp3) is 0.286. The van der Waals surface area contributed by atoms with E-state index in [0.717, 1.165) is 0 Å². The summed E-state index contributed by atoms with van der Waals surface area (Å²) in [5.74, 6) is 1.12. The van der Waals surface area contributed by atoms with Gasteiger partial charge < -0.3 is 9.64 Å². The van der Waals surface area contributed by atoms with Crippen LogP contribution in [0.1, 0.15) is 36.1 Å². The molecule has 0 radical (unpaired) electrons. The van der Waals surface area contributed by atoms with Crippen LogP contribution in [0.5, 0.6) is 5.75 Å². The van der Waals surface area contributed by atoms with Gasteiger partial charge in [0.25, 0.3) is 11.5 Å². The lowest BCUT2D eigenvalue weighted by Crippen LogP contribution is -2.35. The predicted octanol–water partition coefficient (Wildman–Crippen LogP) is 3.26. The van der Waals surface area contributed by atoms with E-state index in [-0.39, 0.29) is 17.5 Å². The van der Waals surface area contributed by atoms with Crippen molar-refractivity contribution in [3.05, 3.63) is 70.3 Å². The highest BCUT2D eigenvalue weighted by Crippen LogP contribution is 2.21. The van der Waals surface area contributed by atoms with Crippen molar-refractivity contribution in [3.63, 3.8) is 0 Å². The Morgan fingerprint density at radius 3 is 2.48 bits per heavy atom. The van der Waals surface area contributed by atoms with Crippen molar-refractivity contribution >= 4 is 16.8 Å². The minimum atomic E-state index is -0.364. The lowest BCUT2D eigenvalue weighted by atomic mass is 10.1. The molecule has 0 bridgehead atoms. The maximum atomic E-state index is 12.9. The van der Waals surface area contributed by atoms with Crippen LogP contribution in [0, 0.1) is 0 Å². The number of fused-ring (bicyclic) bond motifs is 1. The molecule has 1 amide bonds. The van der Waals surface area contributed by atoms with Crippen LogP contribution in [0.3, 0.4) is 0 Å². The molecule has 3 rings (SSSR count). The molecular weight excluding hydrogens is 342 g/mol. The van der Waals surface area contributed by atoms with Crippen LogP contribution < -0.4 is 10.3 Å². The Labute approximate surface area is 158 Å². The zero-order valence-electron chi connectivity index (χ0n) is 16.0. The normalized spacial score (nSPS) is 12.0. The van der Waals surface area contributed by atoms with Crippen molar-refractivity contribution in [3.8, 4) is 5.75 Å². The van der Waals surface area contributed by atoms with E-state index in [1.807, 2.05) is 32.0 Å². The van der Waals surface area contributed by atoms with Gasteiger partial charge in [0.15, 0.2) is 0 Å². The first-order valence-electron chi connectivity index (χ1n) is 8.88. The number of carbonyl (C=O) groups excluding carboxylic acids is 1. The second-order valence-corrected chi connectivity index (χ2v) is 6.36. The SMILES string of the molecule is CCn1c(C(C)N(C)C(=O)c2ccc(OC)cc2)nc2ccccc2c1=O. The van der Waals surface area contributed by atoms with Crippen molar-refractivity contribution in [1.82, 2.24) is 14.5 Å². The van der Waals surface area contributed by atoms with Crippen LogP contribution in [0.25, 0.3) is 10.9 Å². The molecule has 6 heteroatoms. The molecule has 1 atom stereocenters. The molecule has 0 saturated carbocycles. The molecule has 1 heterocycles. The van der Waals surface area contributed by atoms with Gasteiger partial charge in [-0.2, -0.15) is 0 Å². The van der Waals surface area contributed by atoms with Gasteiger partial charge in [0.05, 0.1) is 24.1 Å². The molecule has 140 valence electrons. The molecule has 0 aliphatic rings. The predicted molar refractivity (Wildman–Crippen MR) is 105 cm³/mol. The van der Waals surface area contributed by atoms with Gasteiger partial charge >= 0.3 is 0 Å². The molecule has 0 aliphatic carbocycles. The van der Waals surface area contributed by atoms with Crippen LogP contribution >= 0.6 is 0 Å².